The molecule has 3 N–H and O–H groups in total. The molecule has 0 aliphatic heterocycles. The molecule has 0 saturated heterocycles. The van der Waals surface area contributed by atoms with Gasteiger partial charge in [0.15, 0.2) is 20.9 Å². The molecule has 13 nitrogen and oxygen atoms in total. The number of hydrogen-bond acceptors (Lipinski definition) is 13. The number of nitrogens with one attached hydrogen (secondary N) is 2. The van der Waals surface area contributed by atoms with Crippen LogP contribution < -0.4 is 99.4 Å². The van der Waals surface area contributed by atoms with Gasteiger partial charge in [0.1, 0.15) is 15.9 Å². The molecule has 0 amide bonds. The van der Waals surface area contributed by atoms with Gasteiger partial charge in [-0.3, -0.25) is 10.5 Å². The summed E-state index contributed by atoms with van der Waals surface area (Å²) < 4.78 is 73.1. The summed E-state index contributed by atoms with van der Waals surface area (Å²) in [5, 5.41) is 35.0. The van der Waals surface area contributed by atoms with Crippen LogP contribution in [0, 0.1) is 11.5 Å². The maximum Gasteiger partial charge on any atom is 1.00 e. The van der Waals surface area contributed by atoms with E-state index in [-0.39, 0.29) is 116 Å². The Bertz CT molecular complexity index is 1430. The van der Waals surface area contributed by atoms with Gasteiger partial charge < -0.3 is 20.3 Å². The van der Waals surface area contributed by atoms with Gasteiger partial charge in [0.2, 0.25) is 0 Å². The first kappa shape index (κ1) is 37.0. The van der Waals surface area contributed by atoms with E-state index in [2.05, 4.69) is 26.0 Å². The van der Waals surface area contributed by atoms with Crippen LogP contribution in [0.25, 0.3) is 6.08 Å². The summed E-state index contributed by atoms with van der Waals surface area (Å²) in [6, 6.07) is 7.01. The van der Waals surface area contributed by atoms with Crippen LogP contribution in [0.4, 0.5) is 5.69 Å². The van der Waals surface area contributed by atoms with Gasteiger partial charge in [0, 0.05) is 4.90 Å². The van der Waals surface area contributed by atoms with E-state index in [9.17, 15) is 36.0 Å². The Kier molecular flexibility index (Phi) is 15.7. The Morgan fingerprint density at radius 3 is 2.27 bits per heavy atom. The molecule has 0 heterocycles. The fourth-order valence-electron chi connectivity index (χ4n) is 2.80. The number of hydrazone groups is 1. The van der Waals surface area contributed by atoms with E-state index in [1.165, 1.54) is 30.3 Å². The van der Waals surface area contributed by atoms with E-state index in [1.807, 2.05) is 0 Å². The Labute approximate surface area is 281 Å². The Morgan fingerprint density at radius 2 is 1.70 bits per heavy atom. The van der Waals surface area contributed by atoms with Gasteiger partial charge in [-0.1, -0.05) is 11.6 Å². The zero-order chi connectivity index (χ0) is 25.1. The number of fused-ring (bicyclic) bond motifs is 1. The molecule has 1 atom stereocenters. The number of hydrogen-bond donors (Lipinski definition) is 3. The van der Waals surface area contributed by atoms with Crippen molar-refractivity contribution in [3.05, 3.63) is 53.6 Å². The number of benzene rings is 2. The van der Waals surface area contributed by atoms with Crippen LogP contribution in [0.1, 0.15) is 11.1 Å². The van der Waals surface area contributed by atoms with E-state index in [4.69, 9.17) is 5.41 Å². The standard InChI is InChI=1S/C18H16N3O10S3.3Na/c19-18-15(6-1-11-9-14(34(27,28)29)10-16(22)17(11)18)21-20-12-2-4-13(5-3-12)33(25,26)8-7-32(24)31-30-23;;;/h1-5,9-10,19-20,22-23H,7-8H2,(H,27,28,29);;;/q-1;3*+1/p-2/b19-18?,21-15+;;;. The number of anilines is 1. The van der Waals surface area contributed by atoms with Crippen LogP contribution in [0.2, 0.25) is 0 Å². The molecular formula is C18H14N3Na3O10S3. The van der Waals surface area contributed by atoms with Crippen LogP contribution in [-0.4, -0.2) is 53.6 Å². The first-order valence-corrected chi connectivity index (χ1v) is 13.3. The van der Waals surface area contributed by atoms with Gasteiger partial charge in [-0.05, 0) is 41.8 Å². The average molecular weight is 597 g/mol. The minimum absolute atomic E-state index is 0. The third-order valence-corrected chi connectivity index (χ3v) is 7.94. The van der Waals surface area contributed by atoms with Gasteiger partial charge in [0.25, 0.3) is 0 Å². The van der Waals surface area contributed by atoms with Gasteiger partial charge in [0.05, 0.1) is 22.1 Å². The molecule has 1 aliphatic rings. The number of nitrogens with zero attached hydrogens (tertiary/aromatic N) is 1. The first-order chi connectivity index (χ1) is 15.9. The molecule has 3 rings (SSSR count). The van der Waals surface area contributed by atoms with E-state index < -0.39 is 53.2 Å². The number of sulfone groups is 1. The van der Waals surface area contributed by atoms with E-state index >= 15 is 0 Å². The quantitative estimate of drug-likeness (QED) is 0.0810. The molecule has 2 aromatic rings. The van der Waals surface area contributed by atoms with Crippen LogP contribution >= 0.6 is 0 Å². The second-order valence-corrected chi connectivity index (χ2v) is 11.2. The topological polar surface area (TPSA) is 218 Å². The van der Waals surface area contributed by atoms with Crippen molar-refractivity contribution in [1.82, 2.24) is 0 Å². The third kappa shape index (κ3) is 9.86. The number of aromatic hydroxyl groups is 1. The zero-order valence-electron chi connectivity index (χ0n) is 19.7. The predicted octanol–water partition coefficient (Wildman–Crippen LogP) is -9.36. The van der Waals surface area contributed by atoms with E-state index in [1.54, 1.807) is 0 Å². The Balaban J connectivity index is 0.00000432. The molecule has 2 aromatic carbocycles. The van der Waals surface area contributed by atoms with Gasteiger partial charge in [-0.25, -0.2) is 26.1 Å². The van der Waals surface area contributed by atoms with Crippen molar-refractivity contribution in [2.24, 2.45) is 5.10 Å². The predicted molar refractivity (Wildman–Crippen MR) is 115 cm³/mol. The first-order valence-electron chi connectivity index (χ1n) is 8.96. The van der Waals surface area contributed by atoms with Crippen molar-refractivity contribution in [3.8, 4) is 5.75 Å². The van der Waals surface area contributed by atoms with Crippen molar-refractivity contribution >= 4 is 54.2 Å². The minimum Gasteiger partial charge on any atom is -0.744 e. The fraction of sp³-hybridized carbons (Fsp3) is 0.111. The van der Waals surface area contributed by atoms with Crippen LogP contribution in [0.3, 0.4) is 0 Å². The zero-order valence-corrected chi connectivity index (χ0v) is 28.2. The van der Waals surface area contributed by atoms with Crippen molar-refractivity contribution in [2.75, 3.05) is 16.9 Å². The SMILES string of the molecule is N=C1/C(=N/Nc2ccc(S(=O)(=O)CCS(=O)OO[O-])cc2)[C-]=Cc2cc(S(=O)(=O)[O-])cc(O)c21.[Na+].[Na+].[Na+]. The van der Waals surface area contributed by atoms with Gasteiger partial charge in [-0.2, -0.15) is 12.2 Å². The Morgan fingerprint density at radius 1 is 1.08 bits per heavy atom. The smallest absolute Gasteiger partial charge is 0.744 e. The summed E-state index contributed by atoms with van der Waals surface area (Å²) in [5.74, 6) is -1.63. The second kappa shape index (κ2) is 15.7. The molecule has 19 heteroatoms. The van der Waals surface area contributed by atoms with Crippen LogP contribution in [0.5, 0.6) is 5.75 Å². The molecular weight excluding hydrogens is 583 g/mol. The molecule has 1 aliphatic carbocycles. The molecule has 0 fully saturated rings. The monoisotopic (exact) mass is 597 g/mol. The number of allylic oxidation sites excluding steroid dienone is 1. The Hall–Kier alpha value is 0.0100. The van der Waals surface area contributed by atoms with Crippen molar-refractivity contribution in [3.63, 3.8) is 0 Å². The summed E-state index contributed by atoms with van der Waals surface area (Å²) >= 11 is -2.21. The molecule has 0 aromatic heterocycles. The molecule has 0 radical (unpaired) electrons. The summed E-state index contributed by atoms with van der Waals surface area (Å²) in [5.41, 5.74) is 2.63. The van der Waals surface area contributed by atoms with Crippen LogP contribution in [-0.2, 0) is 40.4 Å². The summed E-state index contributed by atoms with van der Waals surface area (Å²) in [6.45, 7) is 0. The molecule has 0 spiro atoms. The van der Waals surface area contributed by atoms with Crippen molar-refractivity contribution in [2.45, 2.75) is 9.79 Å². The molecule has 0 saturated carbocycles. The number of phenols is 1. The maximum absolute atomic E-state index is 12.3. The summed E-state index contributed by atoms with van der Waals surface area (Å²) in [6.07, 6.45) is 3.89. The van der Waals surface area contributed by atoms with Gasteiger partial charge >= 0.3 is 88.7 Å². The van der Waals surface area contributed by atoms with Gasteiger partial charge in [-0.15, -0.1) is 9.90 Å². The number of rotatable bonds is 9. The fourth-order valence-corrected chi connectivity index (χ4v) is 5.66. The van der Waals surface area contributed by atoms with Crippen molar-refractivity contribution < 1.29 is 134 Å². The normalized spacial score (nSPS) is 14.5. The maximum atomic E-state index is 12.3. The van der Waals surface area contributed by atoms with Crippen molar-refractivity contribution in [1.29, 1.82) is 5.41 Å². The third-order valence-electron chi connectivity index (χ3n) is 4.39. The molecule has 1 unspecified atom stereocenters. The second-order valence-electron chi connectivity index (χ2n) is 6.58. The van der Waals surface area contributed by atoms with E-state index in [0.29, 0.717) is 5.69 Å². The van der Waals surface area contributed by atoms with Crippen LogP contribution in [0.15, 0.2) is 51.3 Å². The molecule has 0 bridgehead atoms. The number of phenolic OH excluding ortho intramolecular Hbond substituents is 1. The molecule has 37 heavy (non-hydrogen) atoms. The summed E-state index contributed by atoms with van der Waals surface area (Å²) in [4.78, 5) is -0.744. The average Bonchev–Trinajstić information content (AvgIpc) is 2.77. The molecule has 182 valence electrons. The van der Waals surface area contributed by atoms with E-state index in [0.717, 1.165) is 12.1 Å². The summed E-state index contributed by atoms with van der Waals surface area (Å²) in [7, 11) is -8.64. The minimum atomic E-state index is -4.81. The largest absolute Gasteiger partial charge is 1.00 e.